The van der Waals surface area contributed by atoms with Crippen LogP contribution in [0, 0.1) is 0 Å². The van der Waals surface area contributed by atoms with Crippen LogP contribution in [0.5, 0.6) is 0 Å². The van der Waals surface area contributed by atoms with Crippen LogP contribution in [-0.2, 0) is 9.84 Å². The van der Waals surface area contributed by atoms with Gasteiger partial charge in [0, 0.05) is 0 Å². The van der Waals surface area contributed by atoms with Crippen LogP contribution >= 0.6 is 11.3 Å². The number of alkyl halides is 1. The minimum Gasteiger partial charge on any atom is -0.230 e. The van der Waals surface area contributed by atoms with Crippen LogP contribution in [0.3, 0.4) is 0 Å². The summed E-state index contributed by atoms with van der Waals surface area (Å²) in [4.78, 5) is 4.02. The van der Waals surface area contributed by atoms with Crippen LogP contribution in [0.15, 0.2) is 28.6 Å². The number of para-hydroxylation sites is 1. The van der Waals surface area contributed by atoms with Crippen molar-refractivity contribution in [1.29, 1.82) is 0 Å². The van der Waals surface area contributed by atoms with Crippen molar-refractivity contribution in [2.24, 2.45) is 0 Å². The quantitative estimate of drug-likeness (QED) is 0.759. The van der Waals surface area contributed by atoms with Gasteiger partial charge in [0.2, 0.25) is 19.7 Å². The predicted octanol–water partition coefficient (Wildman–Crippen LogP) is 3.95. The molecule has 19 heavy (non-hydrogen) atoms. The van der Waals surface area contributed by atoms with Gasteiger partial charge in [-0.25, -0.2) is 17.8 Å². The molecule has 1 unspecified atom stereocenters. The van der Waals surface area contributed by atoms with Gasteiger partial charge in [0.25, 0.3) is 0 Å². The van der Waals surface area contributed by atoms with Crippen LogP contribution in [0.1, 0.15) is 32.6 Å². The SMILES string of the molecule is CCCCCC(F)S(=O)(=O)c1nc2ccccc2s1. The number of halogens is 1. The maximum absolute atomic E-state index is 13.9. The molecule has 3 nitrogen and oxygen atoms in total. The first-order chi connectivity index (χ1) is 9.05. The van der Waals surface area contributed by atoms with Gasteiger partial charge in [-0.2, -0.15) is 0 Å². The predicted molar refractivity (Wildman–Crippen MR) is 75.8 cm³/mol. The molecule has 0 radical (unpaired) electrons. The Hall–Kier alpha value is -1.01. The fraction of sp³-hybridized carbons (Fsp3) is 0.462. The highest BCUT2D eigenvalue weighted by molar-refractivity contribution is 7.93. The molecule has 104 valence electrons. The summed E-state index contributed by atoms with van der Waals surface area (Å²) in [7, 11) is -3.94. The van der Waals surface area contributed by atoms with Gasteiger partial charge < -0.3 is 0 Å². The minimum absolute atomic E-state index is 0.0477. The molecule has 0 aliphatic carbocycles. The van der Waals surface area contributed by atoms with E-state index in [1.54, 1.807) is 18.2 Å². The summed E-state index contributed by atoms with van der Waals surface area (Å²) in [6, 6.07) is 7.11. The van der Waals surface area contributed by atoms with E-state index in [2.05, 4.69) is 4.98 Å². The number of hydrogen-bond acceptors (Lipinski definition) is 4. The van der Waals surface area contributed by atoms with Gasteiger partial charge in [-0.1, -0.05) is 31.9 Å². The zero-order valence-corrected chi connectivity index (χ0v) is 12.3. The van der Waals surface area contributed by atoms with E-state index < -0.39 is 15.3 Å². The summed E-state index contributed by atoms with van der Waals surface area (Å²) in [6.45, 7) is 2.00. The highest BCUT2D eigenvalue weighted by atomic mass is 32.2. The summed E-state index contributed by atoms with van der Waals surface area (Å²) in [5.74, 6) is 0. The van der Waals surface area contributed by atoms with E-state index in [9.17, 15) is 12.8 Å². The topological polar surface area (TPSA) is 47.0 Å². The highest BCUT2D eigenvalue weighted by Gasteiger charge is 2.30. The zero-order valence-electron chi connectivity index (χ0n) is 10.7. The normalized spacial score (nSPS) is 13.8. The van der Waals surface area contributed by atoms with Crippen LogP contribution < -0.4 is 0 Å². The van der Waals surface area contributed by atoms with E-state index in [1.165, 1.54) is 0 Å². The standard InChI is InChI=1S/C13H16FNO2S2/c1-2-3-4-9-12(14)19(16,17)13-15-10-7-5-6-8-11(10)18-13/h5-8,12H,2-4,9H2,1H3. The molecule has 0 bridgehead atoms. The molecule has 0 saturated heterocycles. The molecule has 0 N–H and O–H groups in total. The molecule has 6 heteroatoms. The number of sulfone groups is 1. The van der Waals surface area contributed by atoms with Gasteiger partial charge in [0.05, 0.1) is 10.2 Å². The number of hydrogen-bond donors (Lipinski definition) is 0. The molecule has 0 spiro atoms. The summed E-state index contributed by atoms with van der Waals surface area (Å²) in [5.41, 5.74) is -1.24. The highest BCUT2D eigenvalue weighted by Crippen LogP contribution is 2.29. The number of unbranched alkanes of at least 4 members (excludes halogenated alkanes) is 2. The number of thiazole rings is 1. The van der Waals surface area contributed by atoms with Gasteiger partial charge in [0.15, 0.2) is 0 Å². The number of benzene rings is 1. The maximum Gasteiger partial charge on any atom is 0.237 e. The average molecular weight is 301 g/mol. The lowest BCUT2D eigenvalue weighted by molar-refractivity contribution is 0.387. The lowest BCUT2D eigenvalue weighted by atomic mass is 10.2. The van der Waals surface area contributed by atoms with E-state index in [1.807, 2.05) is 13.0 Å². The Balaban J connectivity index is 2.23. The average Bonchev–Trinajstić information content (AvgIpc) is 2.83. The van der Waals surface area contributed by atoms with Crippen molar-refractivity contribution in [3.8, 4) is 0 Å². The van der Waals surface area contributed by atoms with E-state index in [-0.39, 0.29) is 10.8 Å². The lowest BCUT2D eigenvalue weighted by Gasteiger charge is -2.06. The van der Waals surface area contributed by atoms with Gasteiger partial charge in [-0.15, -0.1) is 11.3 Å². The molecule has 2 rings (SSSR count). The molecule has 1 aromatic carbocycles. The van der Waals surface area contributed by atoms with Crippen LogP contribution in [-0.4, -0.2) is 18.9 Å². The molecule has 1 atom stereocenters. The number of aromatic nitrogens is 1. The minimum atomic E-state index is -3.94. The Morgan fingerprint density at radius 1 is 1.32 bits per heavy atom. The lowest BCUT2D eigenvalue weighted by Crippen LogP contribution is -2.16. The second kappa shape index (κ2) is 5.96. The van der Waals surface area contributed by atoms with Crippen LogP contribution in [0.4, 0.5) is 4.39 Å². The van der Waals surface area contributed by atoms with Gasteiger partial charge >= 0.3 is 0 Å². The van der Waals surface area contributed by atoms with Crippen molar-refractivity contribution >= 4 is 31.4 Å². The van der Waals surface area contributed by atoms with E-state index in [0.29, 0.717) is 11.9 Å². The number of fused-ring (bicyclic) bond motifs is 1. The smallest absolute Gasteiger partial charge is 0.230 e. The van der Waals surface area contributed by atoms with Crippen molar-refractivity contribution in [3.63, 3.8) is 0 Å². The molecule has 0 saturated carbocycles. The summed E-state index contributed by atoms with van der Waals surface area (Å²) in [5, 5.41) is 0. The Morgan fingerprint density at radius 2 is 2.05 bits per heavy atom. The largest absolute Gasteiger partial charge is 0.237 e. The first-order valence-corrected chi connectivity index (χ1v) is 8.65. The monoisotopic (exact) mass is 301 g/mol. The fourth-order valence-electron chi connectivity index (χ4n) is 1.79. The van der Waals surface area contributed by atoms with Gasteiger partial charge in [-0.3, -0.25) is 0 Å². The third-order valence-electron chi connectivity index (χ3n) is 2.89. The van der Waals surface area contributed by atoms with Crippen molar-refractivity contribution in [3.05, 3.63) is 24.3 Å². The Kier molecular flexibility index (Phi) is 4.52. The zero-order chi connectivity index (χ0) is 13.9. The molecular weight excluding hydrogens is 285 g/mol. The molecule has 1 heterocycles. The number of rotatable bonds is 6. The van der Waals surface area contributed by atoms with Crippen LogP contribution in [0.25, 0.3) is 10.2 Å². The molecule has 0 fully saturated rings. The van der Waals surface area contributed by atoms with Gasteiger partial charge in [-0.05, 0) is 25.0 Å². The number of nitrogens with zero attached hydrogens (tertiary/aromatic N) is 1. The fourth-order valence-corrected chi connectivity index (χ4v) is 4.46. The summed E-state index contributed by atoms with van der Waals surface area (Å²) in [6.07, 6.45) is 2.41. The third-order valence-corrected chi connectivity index (χ3v) is 6.15. The van der Waals surface area contributed by atoms with E-state index >= 15 is 0 Å². The van der Waals surface area contributed by atoms with Crippen molar-refractivity contribution in [1.82, 2.24) is 4.98 Å². The molecular formula is C13H16FNO2S2. The van der Waals surface area contributed by atoms with Crippen LogP contribution in [0.2, 0.25) is 0 Å². The first kappa shape index (κ1) is 14.4. The second-order valence-corrected chi connectivity index (χ2v) is 7.68. The Morgan fingerprint density at radius 3 is 2.74 bits per heavy atom. The van der Waals surface area contributed by atoms with Crippen molar-refractivity contribution < 1.29 is 12.8 Å². The first-order valence-electron chi connectivity index (χ1n) is 6.29. The molecule has 1 aromatic heterocycles. The van der Waals surface area contributed by atoms with E-state index in [0.717, 1.165) is 28.9 Å². The summed E-state index contributed by atoms with van der Waals surface area (Å²) >= 11 is 1.03. The Labute approximate surface area is 116 Å². The molecule has 0 aliphatic heterocycles. The van der Waals surface area contributed by atoms with Crippen molar-refractivity contribution in [2.75, 3.05) is 0 Å². The van der Waals surface area contributed by atoms with Gasteiger partial charge in [0.1, 0.15) is 0 Å². The van der Waals surface area contributed by atoms with Crippen molar-refractivity contribution in [2.45, 2.75) is 42.5 Å². The maximum atomic E-state index is 13.9. The summed E-state index contributed by atoms with van der Waals surface area (Å²) < 4.78 is 38.7. The molecule has 2 aromatic rings. The Bertz CT molecular complexity index is 618. The van der Waals surface area contributed by atoms with E-state index in [4.69, 9.17) is 0 Å². The molecule has 0 aliphatic rings. The third kappa shape index (κ3) is 3.12. The molecule has 0 amide bonds. The second-order valence-electron chi connectivity index (χ2n) is 4.40.